The predicted molar refractivity (Wildman–Crippen MR) is 136 cm³/mol. The molecule has 2 atom stereocenters. The maximum Gasteiger partial charge on any atom is 0.328 e. The summed E-state index contributed by atoms with van der Waals surface area (Å²) in [5.74, 6) is -0.0633. The molecule has 9 heteroatoms. The summed E-state index contributed by atoms with van der Waals surface area (Å²) >= 11 is 3.57. The summed E-state index contributed by atoms with van der Waals surface area (Å²) in [6, 6.07) is 12.1. The van der Waals surface area contributed by atoms with Gasteiger partial charge in [-0.1, -0.05) is 28.1 Å². The number of nitrogens with one attached hydrogen (secondary N) is 2. The van der Waals surface area contributed by atoms with Crippen molar-refractivity contribution in [2.45, 2.75) is 31.3 Å². The van der Waals surface area contributed by atoms with Gasteiger partial charge in [0.25, 0.3) is 5.91 Å². The number of benzene rings is 2. The standard InChI is InChI=1S/C26H29BrN4O4/c1-26-15-20-19-14-17(27)7-8-21(19)29-22(20)23(16-5-3-6-18(32)13-16)31(26)25(34)30(24(26)33)11-4-9-28-10-12-35-2/h3,5-8,13-14,23,28-29,32H,4,9-12,15H2,1-2H3. The molecule has 184 valence electrons. The minimum Gasteiger partial charge on any atom is -0.508 e. The number of carbonyl (C=O) groups is 2. The van der Waals surface area contributed by atoms with E-state index in [-0.39, 0.29) is 17.7 Å². The molecule has 2 aromatic carbocycles. The summed E-state index contributed by atoms with van der Waals surface area (Å²) < 4.78 is 5.99. The van der Waals surface area contributed by atoms with E-state index in [1.807, 2.05) is 31.2 Å². The number of phenolic OH excluding ortho intramolecular Hbond substituents is 1. The topological polar surface area (TPSA) is 97.9 Å². The number of halogens is 1. The molecule has 1 fully saturated rings. The molecule has 0 bridgehead atoms. The van der Waals surface area contributed by atoms with Crippen molar-refractivity contribution < 1.29 is 19.4 Å². The summed E-state index contributed by atoms with van der Waals surface area (Å²) in [7, 11) is 1.65. The Kier molecular flexibility index (Phi) is 6.33. The van der Waals surface area contributed by atoms with Crippen LogP contribution in [0, 0.1) is 0 Å². The van der Waals surface area contributed by atoms with Gasteiger partial charge in [-0.25, -0.2) is 4.79 Å². The SMILES string of the molecule is COCCNCCCN1C(=O)N2C(c3cccc(O)c3)c3[nH]c4ccc(Br)cc4c3CC2(C)C1=O. The second kappa shape index (κ2) is 9.29. The molecule has 2 aliphatic heterocycles. The Balaban J connectivity index is 1.54. The Morgan fingerprint density at radius 2 is 2.06 bits per heavy atom. The number of imide groups is 1. The fourth-order valence-electron chi connectivity index (χ4n) is 5.39. The number of aromatic amines is 1. The van der Waals surface area contributed by atoms with Gasteiger partial charge < -0.3 is 20.1 Å². The number of aromatic hydroxyl groups is 1. The number of ether oxygens (including phenoxy) is 1. The lowest BCUT2D eigenvalue weighted by molar-refractivity contribution is -0.133. The molecular weight excluding hydrogens is 512 g/mol. The highest BCUT2D eigenvalue weighted by atomic mass is 79.9. The molecule has 3 amide bonds. The minimum atomic E-state index is -1.03. The second-order valence-corrected chi connectivity index (χ2v) is 10.3. The zero-order valence-electron chi connectivity index (χ0n) is 19.8. The predicted octanol–water partition coefficient (Wildman–Crippen LogP) is 3.93. The number of nitrogens with zero attached hydrogens (tertiary/aromatic N) is 2. The molecule has 1 aromatic heterocycles. The van der Waals surface area contributed by atoms with E-state index in [1.54, 1.807) is 30.2 Å². The number of urea groups is 1. The van der Waals surface area contributed by atoms with Crippen LogP contribution in [-0.2, 0) is 16.0 Å². The largest absolute Gasteiger partial charge is 0.508 e. The van der Waals surface area contributed by atoms with E-state index in [4.69, 9.17) is 4.74 Å². The summed E-state index contributed by atoms with van der Waals surface area (Å²) in [4.78, 5) is 34.2. The van der Waals surface area contributed by atoms with Crippen LogP contribution in [0.25, 0.3) is 10.9 Å². The number of amides is 3. The first-order chi connectivity index (χ1) is 16.8. The van der Waals surface area contributed by atoms with Gasteiger partial charge >= 0.3 is 6.03 Å². The Labute approximate surface area is 212 Å². The maximum atomic E-state index is 13.8. The smallest absolute Gasteiger partial charge is 0.328 e. The van der Waals surface area contributed by atoms with Crippen molar-refractivity contribution in [1.82, 2.24) is 20.1 Å². The number of hydrogen-bond acceptors (Lipinski definition) is 5. The van der Waals surface area contributed by atoms with Gasteiger partial charge in [0.1, 0.15) is 17.3 Å². The van der Waals surface area contributed by atoms with Crippen LogP contribution >= 0.6 is 15.9 Å². The summed E-state index contributed by atoms with van der Waals surface area (Å²) in [6.45, 7) is 4.22. The summed E-state index contributed by atoms with van der Waals surface area (Å²) in [5, 5.41) is 14.5. The minimum absolute atomic E-state index is 0.118. The monoisotopic (exact) mass is 540 g/mol. The van der Waals surface area contributed by atoms with Gasteiger partial charge in [0.15, 0.2) is 0 Å². The van der Waals surface area contributed by atoms with Crippen molar-refractivity contribution in [3.05, 3.63) is 63.8 Å². The molecule has 0 saturated carbocycles. The first-order valence-electron chi connectivity index (χ1n) is 11.8. The Bertz CT molecular complexity index is 1290. The van der Waals surface area contributed by atoms with Gasteiger partial charge in [0.2, 0.25) is 0 Å². The van der Waals surface area contributed by atoms with Crippen molar-refractivity contribution in [2.24, 2.45) is 0 Å². The van der Waals surface area contributed by atoms with E-state index in [0.29, 0.717) is 32.5 Å². The molecule has 0 spiro atoms. The Hall–Kier alpha value is -2.88. The Morgan fingerprint density at radius 3 is 2.83 bits per heavy atom. The maximum absolute atomic E-state index is 13.8. The molecule has 35 heavy (non-hydrogen) atoms. The van der Waals surface area contributed by atoms with Crippen LogP contribution in [0.4, 0.5) is 4.79 Å². The third-order valence-electron chi connectivity index (χ3n) is 7.03. The van der Waals surface area contributed by atoms with Gasteiger partial charge in [-0.3, -0.25) is 14.6 Å². The highest BCUT2D eigenvalue weighted by molar-refractivity contribution is 9.10. The molecule has 3 heterocycles. The molecule has 1 saturated heterocycles. The number of phenols is 1. The number of hydrogen-bond donors (Lipinski definition) is 3. The third kappa shape index (κ3) is 4.01. The molecule has 0 aliphatic carbocycles. The number of fused-ring (bicyclic) bond motifs is 4. The molecule has 8 nitrogen and oxygen atoms in total. The van der Waals surface area contributed by atoms with Crippen LogP contribution in [0.15, 0.2) is 46.9 Å². The number of carbonyl (C=O) groups excluding carboxylic acids is 2. The van der Waals surface area contributed by atoms with Crippen LogP contribution < -0.4 is 5.32 Å². The van der Waals surface area contributed by atoms with Crippen molar-refractivity contribution in [3.63, 3.8) is 0 Å². The van der Waals surface area contributed by atoms with E-state index in [9.17, 15) is 14.7 Å². The van der Waals surface area contributed by atoms with E-state index >= 15 is 0 Å². The van der Waals surface area contributed by atoms with Crippen LogP contribution in [0.3, 0.4) is 0 Å². The lowest BCUT2D eigenvalue weighted by atomic mass is 9.81. The van der Waals surface area contributed by atoms with Crippen LogP contribution in [0.5, 0.6) is 5.75 Å². The van der Waals surface area contributed by atoms with E-state index in [1.165, 1.54) is 4.90 Å². The van der Waals surface area contributed by atoms with E-state index < -0.39 is 11.6 Å². The first-order valence-corrected chi connectivity index (χ1v) is 12.6. The van der Waals surface area contributed by atoms with Gasteiger partial charge in [-0.2, -0.15) is 0 Å². The number of methoxy groups -OCH3 is 1. The van der Waals surface area contributed by atoms with Crippen LogP contribution in [-0.4, -0.2) is 70.7 Å². The lowest BCUT2D eigenvalue weighted by Gasteiger charge is -2.42. The Morgan fingerprint density at radius 1 is 1.23 bits per heavy atom. The molecule has 5 rings (SSSR count). The lowest BCUT2D eigenvalue weighted by Crippen LogP contribution is -2.53. The molecule has 0 radical (unpaired) electrons. The van der Waals surface area contributed by atoms with Gasteiger partial charge in [-0.05, 0) is 61.3 Å². The normalized spacial score (nSPS) is 21.6. The van der Waals surface area contributed by atoms with Crippen molar-refractivity contribution in [2.75, 3.05) is 33.4 Å². The van der Waals surface area contributed by atoms with E-state index in [0.717, 1.165) is 38.7 Å². The van der Waals surface area contributed by atoms with E-state index in [2.05, 4.69) is 26.2 Å². The van der Waals surface area contributed by atoms with Crippen LogP contribution in [0.2, 0.25) is 0 Å². The quantitative estimate of drug-likeness (QED) is 0.297. The fraction of sp³-hybridized carbons (Fsp3) is 0.385. The summed E-state index contributed by atoms with van der Waals surface area (Å²) in [6.07, 6.45) is 1.07. The van der Waals surface area contributed by atoms with Crippen molar-refractivity contribution in [1.29, 1.82) is 0 Å². The zero-order chi connectivity index (χ0) is 24.7. The number of rotatable bonds is 8. The second-order valence-electron chi connectivity index (χ2n) is 9.36. The fourth-order valence-corrected chi connectivity index (χ4v) is 5.75. The highest BCUT2D eigenvalue weighted by Crippen LogP contribution is 2.49. The molecular formula is C26H29BrN4O4. The third-order valence-corrected chi connectivity index (χ3v) is 7.53. The molecule has 2 aliphatic rings. The number of H-pyrrole nitrogens is 1. The average molecular weight is 541 g/mol. The van der Waals surface area contributed by atoms with Crippen molar-refractivity contribution in [3.8, 4) is 5.75 Å². The van der Waals surface area contributed by atoms with Gasteiger partial charge in [-0.15, -0.1) is 0 Å². The molecule has 3 N–H and O–H groups in total. The zero-order valence-corrected chi connectivity index (χ0v) is 21.4. The molecule has 2 unspecified atom stereocenters. The highest BCUT2D eigenvalue weighted by Gasteiger charge is 2.60. The van der Waals surface area contributed by atoms with Gasteiger partial charge in [0.05, 0.1) is 6.61 Å². The summed E-state index contributed by atoms with van der Waals surface area (Å²) in [5.41, 5.74) is 2.59. The average Bonchev–Trinajstić information content (AvgIpc) is 3.27. The number of aromatic nitrogens is 1. The van der Waals surface area contributed by atoms with Gasteiger partial charge in [0, 0.05) is 47.7 Å². The molecule has 3 aromatic rings. The first kappa shape index (κ1) is 23.8. The van der Waals surface area contributed by atoms with Crippen molar-refractivity contribution >= 4 is 38.8 Å². The van der Waals surface area contributed by atoms with Crippen LogP contribution in [0.1, 0.15) is 36.2 Å².